The van der Waals surface area contributed by atoms with Crippen molar-refractivity contribution in [1.82, 2.24) is 10.6 Å². The molecule has 5 nitrogen and oxygen atoms in total. The van der Waals surface area contributed by atoms with Gasteiger partial charge in [0.15, 0.2) is 0 Å². The van der Waals surface area contributed by atoms with E-state index in [1.165, 1.54) is 0 Å². The lowest BCUT2D eigenvalue weighted by Gasteiger charge is -2.28. The Balaban J connectivity index is 4.69. The van der Waals surface area contributed by atoms with Gasteiger partial charge in [-0.3, -0.25) is 20.2 Å². The van der Waals surface area contributed by atoms with Crippen LogP contribution in [0.5, 0.6) is 0 Å². The maximum absolute atomic E-state index is 12.3. The molecule has 5 heteroatoms. The summed E-state index contributed by atoms with van der Waals surface area (Å²) in [5, 5.41) is 4.64. The molecule has 0 spiro atoms. The number of nitrogens with one attached hydrogen (secondary N) is 2. The second-order valence-corrected chi connectivity index (χ2v) is 8.81. The summed E-state index contributed by atoms with van der Waals surface area (Å²) < 4.78 is 0. The molecule has 0 bridgehead atoms. The lowest BCUT2D eigenvalue weighted by atomic mass is 9.78. The van der Waals surface area contributed by atoms with Crippen molar-refractivity contribution in [3.05, 3.63) is 0 Å². The molecule has 0 aliphatic heterocycles. The first kappa shape index (κ1) is 24.6. The summed E-state index contributed by atoms with van der Waals surface area (Å²) in [6.45, 7) is 20.4. The van der Waals surface area contributed by atoms with Crippen LogP contribution < -0.4 is 10.6 Å². The van der Waals surface area contributed by atoms with E-state index in [2.05, 4.69) is 52.2 Å². The molecule has 0 aromatic carbocycles. The molecule has 0 saturated heterocycles. The van der Waals surface area contributed by atoms with Crippen molar-refractivity contribution in [2.24, 2.45) is 47.3 Å². The molecule has 26 heavy (non-hydrogen) atoms. The lowest BCUT2D eigenvalue weighted by Crippen LogP contribution is -2.48. The molecule has 4 amide bonds. The van der Waals surface area contributed by atoms with Gasteiger partial charge in [-0.15, -0.1) is 0 Å². The van der Waals surface area contributed by atoms with E-state index < -0.39 is 6.03 Å². The van der Waals surface area contributed by atoms with E-state index in [1.807, 2.05) is 27.7 Å². The molecule has 6 unspecified atom stereocenters. The van der Waals surface area contributed by atoms with Gasteiger partial charge < -0.3 is 0 Å². The van der Waals surface area contributed by atoms with E-state index in [0.717, 1.165) is 0 Å². The molecule has 6 atom stereocenters. The molecule has 0 rings (SSSR count). The van der Waals surface area contributed by atoms with Crippen LogP contribution in [0.3, 0.4) is 0 Å². The number of amides is 4. The van der Waals surface area contributed by atoms with Crippen LogP contribution in [-0.2, 0) is 9.59 Å². The Morgan fingerprint density at radius 3 is 1.00 bits per heavy atom. The smallest absolute Gasteiger partial charge is 0.278 e. The highest BCUT2D eigenvalue weighted by atomic mass is 16.2. The van der Waals surface area contributed by atoms with E-state index in [0.29, 0.717) is 23.7 Å². The summed E-state index contributed by atoms with van der Waals surface area (Å²) >= 11 is 0. The van der Waals surface area contributed by atoms with E-state index >= 15 is 0 Å². The summed E-state index contributed by atoms with van der Waals surface area (Å²) in [6, 6.07) is -0.729. The van der Waals surface area contributed by atoms with Crippen LogP contribution in [0.15, 0.2) is 0 Å². The molecule has 0 aliphatic carbocycles. The summed E-state index contributed by atoms with van der Waals surface area (Å²) in [4.78, 5) is 36.7. The maximum Gasteiger partial charge on any atom is 0.328 e. The Kier molecular flexibility index (Phi) is 10.1. The zero-order valence-corrected chi connectivity index (χ0v) is 18.3. The zero-order valence-electron chi connectivity index (χ0n) is 18.3. The molecule has 0 radical (unpaired) electrons. The SMILES string of the molecule is CC(C)C(C)C(C)C(C)C(=O)NC(=O)NC(=O)C(C)C(C)C(C)C(C)C. The van der Waals surface area contributed by atoms with Gasteiger partial charge in [-0.05, 0) is 35.5 Å². The van der Waals surface area contributed by atoms with Crippen molar-refractivity contribution < 1.29 is 14.4 Å². The first-order valence-corrected chi connectivity index (χ1v) is 9.96. The van der Waals surface area contributed by atoms with Gasteiger partial charge >= 0.3 is 6.03 Å². The van der Waals surface area contributed by atoms with Gasteiger partial charge in [0.2, 0.25) is 11.8 Å². The van der Waals surface area contributed by atoms with Crippen LogP contribution in [0.4, 0.5) is 4.79 Å². The summed E-state index contributed by atoms with van der Waals surface area (Å²) in [7, 11) is 0. The molecule has 0 aromatic rings. The quantitative estimate of drug-likeness (QED) is 0.664. The highest BCUT2D eigenvalue weighted by Gasteiger charge is 2.30. The standard InChI is InChI=1S/C21H40N2O3/c1-11(2)13(5)15(7)17(9)19(24)22-21(26)23-20(25)18(10)16(8)14(6)12(3)4/h11-18H,1-10H3,(H2,22,23,24,25,26). The number of hydrogen-bond acceptors (Lipinski definition) is 3. The number of imide groups is 2. The minimum atomic E-state index is -0.729. The number of hydrogen-bond donors (Lipinski definition) is 2. The van der Waals surface area contributed by atoms with Crippen LogP contribution >= 0.6 is 0 Å². The molecule has 0 saturated carbocycles. The van der Waals surface area contributed by atoms with Gasteiger partial charge in [0.25, 0.3) is 0 Å². The fourth-order valence-electron chi connectivity index (χ4n) is 3.09. The van der Waals surface area contributed by atoms with Gasteiger partial charge in [-0.1, -0.05) is 69.2 Å². The van der Waals surface area contributed by atoms with Gasteiger partial charge in [0.1, 0.15) is 0 Å². The number of urea groups is 1. The minimum absolute atomic E-state index is 0.143. The monoisotopic (exact) mass is 368 g/mol. The molecule has 152 valence electrons. The number of carbonyl (C=O) groups excluding carboxylic acids is 3. The van der Waals surface area contributed by atoms with Crippen LogP contribution in [-0.4, -0.2) is 17.8 Å². The largest absolute Gasteiger partial charge is 0.328 e. The minimum Gasteiger partial charge on any atom is -0.278 e. The average molecular weight is 369 g/mol. The second-order valence-electron chi connectivity index (χ2n) is 8.81. The lowest BCUT2D eigenvalue weighted by molar-refractivity contribution is -0.126. The molecule has 2 N–H and O–H groups in total. The Bertz CT molecular complexity index is 446. The van der Waals surface area contributed by atoms with Crippen LogP contribution in [0.25, 0.3) is 0 Å². The topological polar surface area (TPSA) is 75.3 Å². The third-order valence-electron chi connectivity index (χ3n) is 6.64. The first-order valence-electron chi connectivity index (χ1n) is 9.96. The predicted molar refractivity (Wildman–Crippen MR) is 106 cm³/mol. The highest BCUT2D eigenvalue weighted by Crippen LogP contribution is 2.27. The summed E-state index contributed by atoms with van der Waals surface area (Å²) in [6.07, 6.45) is 0. The van der Waals surface area contributed by atoms with Crippen molar-refractivity contribution in [3.63, 3.8) is 0 Å². The van der Waals surface area contributed by atoms with E-state index in [4.69, 9.17) is 0 Å². The second kappa shape index (κ2) is 10.7. The van der Waals surface area contributed by atoms with Gasteiger partial charge in [0.05, 0.1) is 0 Å². The summed E-state index contributed by atoms with van der Waals surface area (Å²) in [5.41, 5.74) is 0. The highest BCUT2D eigenvalue weighted by molar-refractivity contribution is 6.03. The van der Waals surface area contributed by atoms with Crippen molar-refractivity contribution in [3.8, 4) is 0 Å². The summed E-state index contributed by atoms with van der Waals surface area (Å²) in [5.74, 6) is 0.641. The molecule has 0 fully saturated rings. The number of carbonyl (C=O) groups is 3. The third-order valence-corrected chi connectivity index (χ3v) is 6.64. The number of rotatable bonds is 8. The zero-order chi connectivity index (χ0) is 20.8. The predicted octanol–water partition coefficient (Wildman–Crippen LogP) is 4.47. The molecular formula is C21H40N2O3. The van der Waals surface area contributed by atoms with Crippen LogP contribution in [0.2, 0.25) is 0 Å². The molecule has 0 aromatic heterocycles. The van der Waals surface area contributed by atoms with Gasteiger partial charge in [-0.25, -0.2) is 4.79 Å². The van der Waals surface area contributed by atoms with E-state index in [-0.39, 0.29) is 35.5 Å². The van der Waals surface area contributed by atoms with Gasteiger partial charge in [-0.2, -0.15) is 0 Å². The molecule has 0 aliphatic rings. The van der Waals surface area contributed by atoms with E-state index in [9.17, 15) is 14.4 Å². The Labute approximate surface area is 160 Å². The fraction of sp³-hybridized carbons (Fsp3) is 0.857. The average Bonchev–Trinajstić information content (AvgIpc) is 2.56. The van der Waals surface area contributed by atoms with Crippen molar-refractivity contribution in [2.45, 2.75) is 69.2 Å². The molecular weight excluding hydrogens is 328 g/mol. The Hall–Kier alpha value is -1.39. The van der Waals surface area contributed by atoms with E-state index in [1.54, 1.807) is 0 Å². The first-order chi connectivity index (χ1) is 11.8. The van der Waals surface area contributed by atoms with Crippen LogP contribution in [0.1, 0.15) is 69.2 Å². The Morgan fingerprint density at radius 2 is 0.769 bits per heavy atom. The Morgan fingerprint density at radius 1 is 0.500 bits per heavy atom. The normalized spacial score (nSPS) is 18.6. The van der Waals surface area contributed by atoms with Crippen molar-refractivity contribution in [1.29, 1.82) is 0 Å². The molecule has 0 heterocycles. The van der Waals surface area contributed by atoms with Crippen molar-refractivity contribution >= 4 is 17.8 Å². The van der Waals surface area contributed by atoms with Crippen LogP contribution in [0, 0.1) is 47.3 Å². The van der Waals surface area contributed by atoms with Crippen molar-refractivity contribution in [2.75, 3.05) is 0 Å². The maximum atomic E-state index is 12.3. The fourth-order valence-corrected chi connectivity index (χ4v) is 3.09. The van der Waals surface area contributed by atoms with Gasteiger partial charge in [0, 0.05) is 11.8 Å². The third kappa shape index (κ3) is 7.08.